The summed E-state index contributed by atoms with van der Waals surface area (Å²) >= 11 is 0. The summed E-state index contributed by atoms with van der Waals surface area (Å²) in [6, 6.07) is 3.29. The molecular weight excluding hydrogens is 218 g/mol. The number of hydrogen-bond donors (Lipinski definition) is 2. The van der Waals surface area contributed by atoms with Gasteiger partial charge in [0.2, 0.25) is 0 Å². The van der Waals surface area contributed by atoms with Crippen molar-refractivity contribution in [2.24, 2.45) is 0 Å². The second kappa shape index (κ2) is 3.73. The van der Waals surface area contributed by atoms with Gasteiger partial charge in [0.25, 0.3) is 0 Å². The van der Waals surface area contributed by atoms with Crippen LogP contribution in [-0.2, 0) is 0 Å². The molecule has 2 aromatic rings. The van der Waals surface area contributed by atoms with E-state index >= 15 is 0 Å². The van der Waals surface area contributed by atoms with Gasteiger partial charge in [-0.05, 0) is 12.1 Å². The Morgan fingerprint density at radius 2 is 1.94 bits per heavy atom. The fraction of sp³-hybridized carbons (Fsp3) is 0. The highest BCUT2D eigenvalue weighted by atomic mass is 19.1. The molecule has 16 heavy (non-hydrogen) atoms. The summed E-state index contributed by atoms with van der Waals surface area (Å²) in [5.74, 6) is -2.98. The first kappa shape index (κ1) is 10.3. The zero-order chi connectivity index (χ0) is 11.7. The van der Waals surface area contributed by atoms with Gasteiger partial charge in [-0.3, -0.25) is 5.10 Å². The van der Waals surface area contributed by atoms with Gasteiger partial charge < -0.3 is 5.11 Å². The van der Waals surface area contributed by atoms with E-state index in [4.69, 9.17) is 5.11 Å². The van der Waals surface area contributed by atoms with Crippen molar-refractivity contribution in [1.82, 2.24) is 10.2 Å². The monoisotopic (exact) mass is 224 g/mol. The van der Waals surface area contributed by atoms with E-state index in [2.05, 4.69) is 10.2 Å². The van der Waals surface area contributed by atoms with Gasteiger partial charge in [0.15, 0.2) is 0 Å². The number of nitrogens with zero attached hydrogens (tertiary/aromatic N) is 1. The Morgan fingerprint density at radius 3 is 2.50 bits per heavy atom. The van der Waals surface area contributed by atoms with Crippen LogP contribution in [0.2, 0.25) is 0 Å². The van der Waals surface area contributed by atoms with Crippen molar-refractivity contribution >= 4 is 5.97 Å². The molecule has 1 aromatic carbocycles. The van der Waals surface area contributed by atoms with E-state index in [-0.39, 0.29) is 11.3 Å². The van der Waals surface area contributed by atoms with Crippen LogP contribution in [0.4, 0.5) is 8.78 Å². The predicted molar refractivity (Wildman–Crippen MR) is 50.9 cm³/mol. The minimum absolute atomic E-state index is 0.178. The third kappa shape index (κ3) is 1.54. The van der Waals surface area contributed by atoms with E-state index in [1.807, 2.05) is 0 Å². The smallest absolute Gasteiger partial charge is 0.339 e. The van der Waals surface area contributed by atoms with E-state index in [1.165, 1.54) is 6.07 Å². The molecule has 4 nitrogen and oxygen atoms in total. The maximum Gasteiger partial charge on any atom is 0.339 e. The number of hydrogen-bond acceptors (Lipinski definition) is 2. The zero-order valence-electron chi connectivity index (χ0n) is 7.87. The fourth-order valence-electron chi connectivity index (χ4n) is 1.38. The first-order valence-corrected chi connectivity index (χ1v) is 4.32. The Bertz CT molecular complexity index is 531. The molecule has 0 aliphatic heterocycles. The maximum atomic E-state index is 13.4. The molecule has 0 aliphatic rings. The van der Waals surface area contributed by atoms with Crippen LogP contribution in [0.15, 0.2) is 24.4 Å². The number of carboxylic acids is 1. The second-order valence-corrected chi connectivity index (χ2v) is 3.06. The minimum atomic E-state index is -1.30. The van der Waals surface area contributed by atoms with Crippen molar-refractivity contribution in [2.45, 2.75) is 0 Å². The largest absolute Gasteiger partial charge is 0.478 e. The summed E-state index contributed by atoms with van der Waals surface area (Å²) in [6.45, 7) is 0. The number of benzene rings is 1. The molecule has 0 atom stereocenters. The highest BCUT2D eigenvalue weighted by Crippen LogP contribution is 2.26. The van der Waals surface area contributed by atoms with Crippen LogP contribution in [-0.4, -0.2) is 21.3 Å². The number of aromatic nitrogens is 2. The zero-order valence-corrected chi connectivity index (χ0v) is 7.87. The Labute approximate surface area is 88.5 Å². The van der Waals surface area contributed by atoms with E-state index in [0.717, 1.165) is 18.3 Å². The molecule has 0 saturated carbocycles. The molecule has 0 saturated heterocycles. The third-order valence-electron chi connectivity index (χ3n) is 2.08. The van der Waals surface area contributed by atoms with Crippen LogP contribution in [0.3, 0.4) is 0 Å². The highest BCUT2D eigenvalue weighted by molar-refractivity contribution is 5.94. The summed E-state index contributed by atoms with van der Waals surface area (Å²) < 4.78 is 26.8. The van der Waals surface area contributed by atoms with Crippen LogP contribution in [0.25, 0.3) is 11.3 Å². The molecule has 1 heterocycles. The summed E-state index contributed by atoms with van der Waals surface area (Å²) in [7, 11) is 0. The van der Waals surface area contributed by atoms with Gasteiger partial charge in [0, 0.05) is 0 Å². The van der Waals surface area contributed by atoms with Crippen LogP contribution in [0, 0.1) is 11.6 Å². The van der Waals surface area contributed by atoms with Crippen LogP contribution < -0.4 is 0 Å². The summed E-state index contributed by atoms with van der Waals surface area (Å²) in [5, 5.41) is 14.5. The lowest BCUT2D eigenvalue weighted by atomic mass is 10.1. The van der Waals surface area contributed by atoms with Crippen molar-refractivity contribution in [3.05, 3.63) is 41.6 Å². The minimum Gasteiger partial charge on any atom is -0.478 e. The Balaban J connectivity index is 2.68. The van der Waals surface area contributed by atoms with Gasteiger partial charge in [-0.25, -0.2) is 13.6 Å². The number of aromatic carboxylic acids is 1. The summed E-state index contributed by atoms with van der Waals surface area (Å²) in [4.78, 5) is 10.8. The number of carbonyl (C=O) groups is 1. The van der Waals surface area contributed by atoms with E-state index in [1.54, 1.807) is 0 Å². The number of H-pyrrole nitrogens is 1. The average molecular weight is 224 g/mol. The van der Waals surface area contributed by atoms with Crippen LogP contribution >= 0.6 is 0 Å². The molecule has 0 fully saturated rings. The van der Waals surface area contributed by atoms with E-state index in [0.29, 0.717) is 0 Å². The molecule has 0 radical (unpaired) electrons. The quantitative estimate of drug-likeness (QED) is 0.820. The van der Waals surface area contributed by atoms with Crippen molar-refractivity contribution in [2.75, 3.05) is 0 Å². The van der Waals surface area contributed by atoms with Crippen LogP contribution in [0.1, 0.15) is 10.4 Å². The van der Waals surface area contributed by atoms with Crippen molar-refractivity contribution in [1.29, 1.82) is 0 Å². The predicted octanol–water partition coefficient (Wildman–Crippen LogP) is 2.05. The standard InChI is InChI=1S/C10H6F2N2O2/c11-6-2-1-3-7(12)8(6)9-5(10(15)16)4-13-14-9/h1-4H,(H,13,14)(H,15,16). The van der Waals surface area contributed by atoms with Gasteiger partial charge >= 0.3 is 5.97 Å². The molecule has 0 unspecified atom stereocenters. The fourth-order valence-corrected chi connectivity index (χ4v) is 1.38. The Kier molecular flexibility index (Phi) is 2.40. The molecule has 1 aromatic heterocycles. The molecular formula is C10H6F2N2O2. The molecule has 0 bridgehead atoms. The van der Waals surface area contributed by atoms with E-state index in [9.17, 15) is 13.6 Å². The molecule has 82 valence electrons. The SMILES string of the molecule is O=C(O)c1cn[nH]c1-c1c(F)cccc1F. The van der Waals surface area contributed by atoms with Crippen LogP contribution in [0.5, 0.6) is 0 Å². The molecule has 0 amide bonds. The lowest BCUT2D eigenvalue weighted by Crippen LogP contribution is -1.99. The highest BCUT2D eigenvalue weighted by Gasteiger charge is 2.20. The number of halogens is 2. The van der Waals surface area contributed by atoms with Crippen molar-refractivity contribution in [3.8, 4) is 11.3 Å². The number of nitrogens with one attached hydrogen (secondary N) is 1. The first-order valence-electron chi connectivity index (χ1n) is 4.32. The molecule has 2 N–H and O–H groups in total. The molecule has 0 aliphatic carbocycles. The Hall–Kier alpha value is -2.24. The van der Waals surface area contributed by atoms with Gasteiger partial charge in [-0.1, -0.05) is 6.07 Å². The number of rotatable bonds is 2. The molecule has 6 heteroatoms. The second-order valence-electron chi connectivity index (χ2n) is 3.06. The summed E-state index contributed by atoms with van der Waals surface area (Å²) in [6.07, 6.45) is 1.00. The summed E-state index contributed by atoms with van der Waals surface area (Å²) in [5.41, 5.74) is -0.871. The molecule has 2 rings (SSSR count). The van der Waals surface area contributed by atoms with Gasteiger partial charge in [0.05, 0.1) is 17.5 Å². The first-order chi connectivity index (χ1) is 7.61. The Morgan fingerprint density at radius 1 is 1.31 bits per heavy atom. The lowest BCUT2D eigenvalue weighted by molar-refractivity contribution is 0.0698. The third-order valence-corrected chi connectivity index (χ3v) is 2.08. The lowest BCUT2D eigenvalue weighted by Gasteiger charge is -2.03. The van der Waals surface area contributed by atoms with Gasteiger partial charge in [0.1, 0.15) is 17.2 Å². The molecule has 0 spiro atoms. The number of carboxylic acid groups (broad SMARTS) is 1. The number of aromatic amines is 1. The van der Waals surface area contributed by atoms with Gasteiger partial charge in [-0.15, -0.1) is 0 Å². The van der Waals surface area contributed by atoms with E-state index < -0.39 is 23.2 Å². The maximum absolute atomic E-state index is 13.4. The van der Waals surface area contributed by atoms with Gasteiger partial charge in [-0.2, -0.15) is 5.10 Å². The normalized spacial score (nSPS) is 10.4. The topological polar surface area (TPSA) is 66.0 Å². The van der Waals surface area contributed by atoms with Crippen molar-refractivity contribution in [3.63, 3.8) is 0 Å². The average Bonchev–Trinajstić information content (AvgIpc) is 2.66. The van der Waals surface area contributed by atoms with Crippen molar-refractivity contribution < 1.29 is 18.7 Å².